The molecule has 44 heavy (non-hydrogen) atoms. The molecular weight excluding hydrogens is 581 g/mol. The summed E-state index contributed by atoms with van der Waals surface area (Å²) in [7, 11) is 1.46. The molecule has 0 spiro atoms. The molecule has 0 aromatic carbocycles. The number of ether oxygens (including phenoxy) is 2. The van der Waals surface area contributed by atoms with Gasteiger partial charge >= 0.3 is 19.8 Å². The van der Waals surface area contributed by atoms with Gasteiger partial charge in [-0.3, -0.25) is 18.6 Å². The second-order valence-electron chi connectivity index (χ2n) is 12.6. The summed E-state index contributed by atoms with van der Waals surface area (Å²) in [5.74, 6) is -0.851. The van der Waals surface area contributed by atoms with Gasteiger partial charge in [0.05, 0.1) is 27.7 Å². The molecule has 0 rings (SSSR count). The van der Waals surface area contributed by atoms with Gasteiger partial charge in [-0.05, 0) is 44.9 Å². The van der Waals surface area contributed by atoms with Gasteiger partial charge in [0.25, 0.3) is 0 Å². The number of phosphoric ester groups is 1. The Balaban J connectivity index is 4.19. The molecule has 1 N–H and O–H groups in total. The normalized spacial score (nSPS) is 14.2. The molecule has 9 nitrogen and oxygen atoms in total. The average molecular weight is 647 g/mol. The zero-order valence-electron chi connectivity index (χ0n) is 28.6. The Morgan fingerprint density at radius 1 is 0.705 bits per heavy atom. The number of phosphoric acid groups is 1. The lowest BCUT2D eigenvalue weighted by Gasteiger charge is -2.24. The molecule has 0 fully saturated rings. The van der Waals surface area contributed by atoms with Crippen LogP contribution >= 0.6 is 7.82 Å². The van der Waals surface area contributed by atoms with E-state index < -0.39 is 32.5 Å². The number of hydrogen-bond donors (Lipinski definition) is 1. The lowest BCUT2D eigenvalue weighted by atomic mass is 10.1. The summed E-state index contributed by atoms with van der Waals surface area (Å²) in [6, 6.07) is 0. The maximum atomic E-state index is 12.5. The fourth-order valence-electron chi connectivity index (χ4n) is 4.20. The zero-order chi connectivity index (χ0) is 32.9. The molecule has 0 amide bonds. The largest absolute Gasteiger partial charge is 0.472 e. The minimum Gasteiger partial charge on any atom is -0.462 e. The summed E-state index contributed by atoms with van der Waals surface area (Å²) >= 11 is 0. The number of rotatable bonds is 30. The van der Waals surface area contributed by atoms with Crippen molar-refractivity contribution in [2.75, 3.05) is 47.5 Å². The monoisotopic (exact) mass is 646 g/mol. The van der Waals surface area contributed by atoms with E-state index in [1.807, 2.05) is 28.1 Å². The van der Waals surface area contributed by atoms with Crippen LogP contribution in [0.4, 0.5) is 0 Å². The van der Waals surface area contributed by atoms with Gasteiger partial charge in [-0.1, -0.05) is 95.9 Å². The second-order valence-corrected chi connectivity index (χ2v) is 14.0. The second kappa shape index (κ2) is 27.8. The van der Waals surface area contributed by atoms with E-state index >= 15 is 0 Å². The van der Waals surface area contributed by atoms with Crippen molar-refractivity contribution in [1.29, 1.82) is 0 Å². The Kier molecular flexibility index (Phi) is 26.8. The molecule has 0 radical (unpaired) electrons. The van der Waals surface area contributed by atoms with Crippen molar-refractivity contribution in [2.45, 2.75) is 136 Å². The Hall–Kier alpha value is -1.51. The molecule has 0 aliphatic carbocycles. The molecule has 0 aliphatic heterocycles. The summed E-state index contributed by atoms with van der Waals surface area (Å²) in [5.41, 5.74) is 0. The predicted molar refractivity (Wildman–Crippen MR) is 178 cm³/mol. The number of hydrogen-bond acceptors (Lipinski definition) is 7. The van der Waals surface area contributed by atoms with Gasteiger partial charge in [0.15, 0.2) is 6.10 Å². The highest BCUT2D eigenvalue weighted by atomic mass is 31.2. The summed E-state index contributed by atoms with van der Waals surface area (Å²) in [6.45, 7) is 4.11. The van der Waals surface area contributed by atoms with E-state index in [1.54, 1.807) is 0 Å². The smallest absolute Gasteiger partial charge is 0.462 e. The number of quaternary nitrogens is 1. The van der Waals surface area contributed by atoms with Gasteiger partial charge in [-0.15, -0.1) is 0 Å². The van der Waals surface area contributed by atoms with Crippen molar-refractivity contribution in [3.63, 3.8) is 0 Å². The standard InChI is InChI=1S/C34H64NO8P/c1-6-8-10-11-12-13-14-15-16-17-18-19-20-21-22-23-24-25-27-34(37)43-32(30-40-33(36)26-9-7-2)31-42-44(38,39)41-29-28-35(3,4)5/h13-14,16-17,32H,6-12,15,18-31H2,1-5H3/p+1/b14-13-,17-16-. The van der Waals surface area contributed by atoms with Crippen LogP contribution in [0.1, 0.15) is 129 Å². The third kappa shape index (κ3) is 30.5. The van der Waals surface area contributed by atoms with Crippen molar-refractivity contribution in [1.82, 2.24) is 0 Å². The van der Waals surface area contributed by atoms with Crippen molar-refractivity contribution >= 4 is 19.8 Å². The lowest BCUT2D eigenvalue weighted by Crippen LogP contribution is -2.37. The number of allylic oxidation sites excluding steroid dienone is 4. The summed E-state index contributed by atoms with van der Waals surface area (Å²) in [6.07, 6.45) is 26.2. The number of unbranched alkanes of at least 4 members (excludes halogenated alkanes) is 12. The summed E-state index contributed by atoms with van der Waals surface area (Å²) in [4.78, 5) is 34.4. The number of likely N-dealkylation sites (N-methyl/N-ethyl adjacent to an activating group) is 1. The van der Waals surface area contributed by atoms with E-state index in [0.29, 0.717) is 23.9 Å². The Morgan fingerprint density at radius 2 is 1.25 bits per heavy atom. The Labute approximate surface area is 268 Å². The van der Waals surface area contributed by atoms with E-state index in [4.69, 9.17) is 18.5 Å². The molecule has 0 aromatic rings. The van der Waals surface area contributed by atoms with Gasteiger partial charge in [-0.2, -0.15) is 0 Å². The topological polar surface area (TPSA) is 108 Å². The molecule has 0 aromatic heterocycles. The van der Waals surface area contributed by atoms with Gasteiger partial charge in [0.2, 0.25) is 0 Å². The van der Waals surface area contributed by atoms with Gasteiger partial charge in [0, 0.05) is 12.8 Å². The maximum Gasteiger partial charge on any atom is 0.472 e. The van der Waals surface area contributed by atoms with Crippen molar-refractivity contribution in [3.05, 3.63) is 24.3 Å². The quantitative estimate of drug-likeness (QED) is 0.0272. The van der Waals surface area contributed by atoms with Crippen LogP contribution in [0.15, 0.2) is 24.3 Å². The van der Waals surface area contributed by atoms with Crippen LogP contribution in [-0.4, -0.2) is 74.9 Å². The third-order valence-electron chi connectivity index (χ3n) is 6.98. The fourth-order valence-corrected chi connectivity index (χ4v) is 4.94. The fraction of sp³-hybridized carbons (Fsp3) is 0.824. The maximum absolute atomic E-state index is 12.5. The van der Waals surface area contributed by atoms with E-state index in [-0.39, 0.29) is 26.1 Å². The first-order valence-corrected chi connectivity index (χ1v) is 18.6. The molecule has 2 unspecified atom stereocenters. The molecule has 258 valence electrons. The average Bonchev–Trinajstić information content (AvgIpc) is 2.96. The van der Waals surface area contributed by atoms with Crippen LogP contribution in [0.5, 0.6) is 0 Å². The highest BCUT2D eigenvalue weighted by molar-refractivity contribution is 7.47. The van der Waals surface area contributed by atoms with E-state index in [2.05, 4.69) is 31.2 Å². The van der Waals surface area contributed by atoms with E-state index in [0.717, 1.165) is 38.5 Å². The third-order valence-corrected chi connectivity index (χ3v) is 7.97. The molecule has 0 saturated carbocycles. The molecule has 0 bridgehead atoms. The number of carbonyl (C=O) groups is 2. The minimum absolute atomic E-state index is 0.0297. The molecule has 0 heterocycles. The molecular formula is C34H65NO8P+. The van der Waals surface area contributed by atoms with Crippen molar-refractivity contribution < 1.29 is 42.1 Å². The van der Waals surface area contributed by atoms with Gasteiger partial charge in [-0.25, -0.2) is 4.57 Å². The number of carbonyl (C=O) groups excluding carboxylic acids is 2. The highest BCUT2D eigenvalue weighted by Gasteiger charge is 2.27. The van der Waals surface area contributed by atoms with Crippen molar-refractivity contribution in [2.24, 2.45) is 0 Å². The van der Waals surface area contributed by atoms with Crippen LogP contribution in [-0.2, 0) is 32.7 Å². The van der Waals surface area contributed by atoms with Gasteiger partial charge < -0.3 is 18.9 Å². The summed E-state index contributed by atoms with van der Waals surface area (Å²) in [5, 5.41) is 0. The van der Waals surface area contributed by atoms with Crippen LogP contribution in [0, 0.1) is 0 Å². The Morgan fingerprint density at radius 3 is 1.84 bits per heavy atom. The molecule has 2 atom stereocenters. The number of esters is 2. The predicted octanol–water partition coefficient (Wildman–Crippen LogP) is 8.46. The molecule has 0 aliphatic rings. The molecule has 0 saturated heterocycles. The first-order valence-electron chi connectivity index (χ1n) is 17.1. The lowest BCUT2D eigenvalue weighted by molar-refractivity contribution is -0.870. The first kappa shape index (κ1) is 42.5. The van der Waals surface area contributed by atoms with Crippen LogP contribution in [0.25, 0.3) is 0 Å². The van der Waals surface area contributed by atoms with Crippen LogP contribution < -0.4 is 0 Å². The SMILES string of the molecule is CCCCCC/C=C\C/C=C\CCCCCCCCCC(=O)OC(COC(=O)CCCC)COP(=O)(O)OCC[N+](C)(C)C. The first-order chi connectivity index (χ1) is 21.0. The van der Waals surface area contributed by atoms with Crippen LogP contribution in [0.3, 0.4) is 0 Å². The number of nitrogens with zero attached hydrogens (tertiary/aromatic N) is 1. The van der Waals surface area contributed by atoms with Crippen molar-refractivity contribution in [3.8, 4) is 0 Å². The van der Waals surface area contributed by atoms with E-state index in [9.17, 15) is 19.0 Å². The Bertz CT molecular complexity index is 825. The minimum atomic E-state index is -4.35. The highest BCUT2D eigenvalue weighted by Crippen LogP contribution is 2.43. The van der Waals surface area contributed by atoms with Gasteiger partial charge in [0.1, 0.15) is 19.8 Å². The molecule has 10 heteroatoms. The zero-order valence-corrected chi connectivity index (χ0v) is 29.5. The summed E-state index contributed by atoms with van der Waals surface area (Å²) < 4.78 is 33.6. The van der Waals surface area contributed by atoms with Crippen LogP contribution in [0.2, 0.25) is 0 Å². The van der Waals surface area contributed by atoms with E-state index in [1.165, 1.54) is 51.4 Å².